The summed E-state index contributed by atoms with van der Waals surface area (Å²) in [6, 6.07) is 5.18. The highest BCUT2D eigenvalue weighted by molar-refractivity contribution is 6.00. The van der Waals surface area contributed by atoms with Gasteiger partial charge in [0.05, 0.1) is 12.1 Å². The minimum absolute atomic E-state index is 0.0251. The maximum atomic E-state index is 13.2. The molecular formula is C21H26N5O3+. The Morgan fingerprint density at radius 2 is 2.28 bits per heavy atom. The van der Waals surface area contributed by atoms with Crippen molar-refractivity contribution in [3.05, 3.63) is 45.9 Å². The van der Waals surface area contributed by atoms with Crippen LogP contribution in [0, 0.1) is 6.92 Å². The number of anilines is 1. The van der Waals surface area contributed by atoms with Gasteiger partial charge in [0.25, 0.3) is 17.1 Å². The van der Waals surface area contributed by atoms with Crippen molar-refractivity contribution in [1.29, 1.82) is 0 Å². The van der Waals surface area contributed by atoms with Gasteiger partial charge in [-0.25, -0.2) is 4.57 Å². The lowest BCUT2D eigenvalue weighted by Crippen LogP contribution is -2.44. The molecule has 3 aromatic rings. The Hall–Kier alpha value is -3.00. The molecule has 3 N–H and O–H groups in total. The van der Waals surface area contributed by atoms with Crippen LogP contribution in [0.25, 0.3) is 16.7 Å². The minimum atomic E-state index is -0.317. The second kappa shape index (κ2) is 7.44. The van der Waals surface area contributed by atoms with Crippen molar-refractivity contribution in [2.75, 3.05) is 18.9 Å². The zero-order chi connectivity index (χ0) is 20.7. The van der Waals surface area contributed by atoms with E-state index in [1.54, 1.807) is 22.9 Å². The monoisotopic (exact) mass is 396 g/mol. The number of nitrogens with two attached hydrogens (primary N) is 1. The van der Waals surface area contributed by atoms with Crippen molar-refractivity contribution in [3.8, 4) is 0 Å². The number of carbonyl (C=O) groups is 1. The molecule has 4 rings (SSSR count). The number of amides is 1. The first-order valence-corrected chi connectivity index (χ1v) is 9.94. The number of rotatable bonds is 4. The first kappa shape index (κ1) is 19.3. The number of carbonyl (C=O) groups excluding carboxylic acids is 1. The molecular weight excluding hydrogens is 370 g/mol. The van der Waals surface area contributed by atoms with Crippen molar-refractivity contribution in [2.45, 2.75) is 45.8 Å². The maximum absolute atomic E-state index is 13.2. The van der Waals surface area contributed by atoms with Crippen molar-refractivity contribution in [1.82, 2.24) is 14.7 Å². The average Bonchev–Trinajstić information content (AvgIpc) is 3.20. The van der Waals surface area contributed by atoms with E-state index in [4.69, 9.17) is 15.5 Å². The summed E-state index contributed by atoms with van der Waals surface area (Å²) in [6.07, 6.45) is 3.64. The Morgan fingerprint density at radius 1 is 1.48 bits per heavy atom. The molecule has 1 aliphatic rings. The number of hydrogen-bond donors (Lipinski definition) is 2. The molecule has 3 aromatic heterocycles. The fraction of sp³-hybridized carbons (Fsp3) is 0.429. The number of nitrogens with zero attached hydrogens (tertiary/aromatic N) is 3. The van der Waals surface area contributed by atoms with Crippen LogP contribution in [0.5, 0.6) is 0 Å². The Labute approximate surface area is 168 Å². The van der Waals surface area contributed by atoms with E-state index in [1.165, 1.54) is 4.40 Å². The fourth-order valence-electron chi connectivity index (χ4n) is 3.88. The third-order valence-electron chi connectivity index (χ3n) is 5.39. The highest BCUT2D eigenvalue weighted by Crippen LogP contribution is 2.18. The van der Waals surface area contributed by atoms with Gasteiger partial charge in [0.1, 0.15) is 10.9 Å². The lowest BCUT2D eigenvalue weighted by atomic mass is 10.1. The molecule has 0 aliphatic carbocycles. The summed E-state index contributed by atoms with van der Waals surface area (Å²) in [5.41, 5.74) is 8.38. The van der Waals surface area contributed by atoms with Gasteiger partial charge in [-0.1, -0.05) is 11.1 Å². The van der Waals surface area contributed by atoms with Crippen LogP contribution >= 0.6 is 0 Å². The third-order valence-corrected chi connectivity index (χ3v) is 5.39. The van der Waals surface area contributed by atoms with E-state index in [1.807, 2.05) is 26.8 Å². The van der Waals surface area contributed by atoms with Crippen molar-refractivity contribution in [3.63, 3.8) is 0 Å². The SMILES string of the molecule is Cc1cccn2c(=O)c3cc(C(=O)NC[C@@H]4CCCO4)c(N)[n+](C(C)C)c3nc12. The number of ether oxygens (including phenoxy) is 1. The van der Waals surface area contributed by atoms with Gasteiger partial charge < -0.3 is 15.8 Å². The molecule has 0 radical (unpaired) electrons. The van der Waals surface area contributed by atoms with Gasteiger partial charge in [0, 0.05) is 24.9 Å². The first-order valence-electron chi connectivity index (χ1n) is 9.94. The normalized spacial score (nSPS) is 16.8. The molecule has 152 valence electrons. The van der Waals surface area contributed by atoms with Crippen LogP contribution in [0.3, 0.4) is 0 Å². The highest BCUT2D eigenvalue weighted by Gasteiger charge is 2.26. The van der Waals surface area contributed by atoms with Crippen molar-refractivity contribution >= 4 is 28.4 Å². The van der Waals surface area contributed by atoms with E-state index >= 15 is 0 Å². The van der Waals surface area contributed by atoms with E-state index < -0.39 is 0 Å². The number of fused-ring (bicyclic) bond motifs is 2. The predicted octanol–water partition coefficient (Wildman–Crippen LogP) is 1.52. The summed E-state index contributed by atoms with van der Waals surface area (Å²) in [6.45, 7) is 6.95. The molecule has 1 amide bonds. The average molecular weight is 396 g/mol. The van der Waals surface area contributed by atoms with Gasteiger partial charge in [0.2, 0.25) is 11.5 Å². The predicted molar refractivity (Wildman–Crippen MR) is 110 cm³/mol. The molecule has 0 bridgehead atoms. The second-order valence-electron chi connectivity index (χ2n) is 7.79. The van der Waals surface area contributed by atoms with Crippen LogP contribution < -0.4 is 21.2 Å². The van der Waals surface area contributed by atoms with E-state index in [9.17, 15) is 9.59 Å². The van der Waals surface area contributed by atoms with Gasteiger partial charge in [-0.2, -0.15) is 0 Å². The standard InChI is InChI=1S/C21H25N5O3/c1-12(2)26-17(22)15(20(27)23-11-14-7-5-9-29-14)10-16-19(26)24-18-13(3)6-4-8-25(18)21(16)28/h4,6,8,10,12,14,22H,5,7,9,11H2,1-3H3,(H,23,27)/p+1/t14-/m0/s1. The zero-order valence-corrected chi connectivity index (χ0v) is 16.9. The number of nitrogens with one attached hydrogen (secondary N) is 1. The van der Waals surface area contributed by atoms with Crippen LogP contribution in [-0.4, -0.2) is 34.5 Å². The molecule has 8 nitrogen and oxygen atoms in total. The Bertz CT molecular complexity index is 1160. The number of aryl methyl sites for hydroxylation is 1. The van der Waals surface area contributed by atoms with Gasteiger partial charge in [-0.3, -0.25) is 14.0 Å². The lowest BCUT2D eigenvalue weighted by Gasteiger charge is -2.16. The summed E-state index contributed by atoms with van der Waals surface area (Å²) < 4.78 is 8.83. The van der Waals surface area contributed by atoms with E-state index in [0.717, 1.165) is 25.0 Å². The number of pyridine rings is 2. The zero-order valence-electron chi connectivity index (χ0n) is 16.9. The van der Waals surface area contributed by atoms with Crippen LogP contribution in [0.1, 0.15) is 48.7 Å². The van der Waals surface area contributed by atoms with Crippen LogP contribution in [0.2, 0.25) is 0 Å². The topological polar surface area (TPSA) is 103 Å². The molecule has 1 atom stereocenters. The maximum Gasteiger partial charge on any atom is 0.278 e. The fourth-order valence-corrected chi connectivity index (χ4v) is 3.88. The van der Waals surface area contributed by atoms with Crippen LogP contribution in [0.4, 0.5) is 5.82 Å². The molecule has 1 saturated heterocycles. The van der Waals surface area contributed by atoms with Gasteiger partial charge in [-0.05, 0) is 45.7 Å². The smallest absolute Gasteiger partial charge is 0.278 e. The molecule has 0 aromatic carbocycles. The summed E-state index contributed by atoms with van der Waals surface area (Å²) in [4.78, 5) is 30.8. The van der Waals surface area contributed by atoms with Gasteiger partial charge in [-0.15, -0.1) is 0 Å². The Balaban J connectivity index is 1.88. The quantitative estimate of drug-likeness (QED) is 0.514. The molecule has 0 saturated carbocycles. The summed E-state index contributed by atoms with van der Waals surface area (Å²) in [5, 5.41) is 3.25. The van der Waals surface area contributed by atoms with Crippen LogP contribution in [0.15, 0.2) is 29.2 Å². The van der Waals surface area contributed by atoms with Crippen molar-refractivity contribution in [2.24, 2.45) is 0 Å². The number of hydrogen-bond acceptors (Lipinski definition) is 5. The van der Waals surface area contributed by atoms with E-state index in [2.05, 4.69) is 5.32 Å². The van der Waals surface area contributed by atoms with E-state index in [-0.39, 0.29) is 29.2 Å². The minimum Gasteiger partial charge on any atom is -0.376 e. The Kier molecular flexibility index (Phi) is 4.96. The highest BCUT2D eigenvalue weighted by atomic mass is 16.5. The molecule has 1 aliphatic heterocycles. The lowest BCUT2D eigenvalue weighted by molar-refractivity contribution is -0.679. The van der Waals surface area contributed by atoms with E-state index in [0.29, 0.717) is 29.0 Å². The molecule has 8 heteroatoms. The van der Waals surface area contributed by atoms with Crippen molar-refractivity contribution < 1.29 is 14.1 Å². The Morgan fingerprint density at radius 3 is 2.97 bits per heavy atom. The number of aromatic nitrogens is 3. The largest absolute Gasteiger partial charge is 0.376 e. The molecule has 4 heterocycles. The molecule has 0 spiro atoms. The van der Waals surface area contributed by atoms with Gasteiger partial charge in [0.15, 0.2) is 0 Å². The summed E-state index contributed by atoms with van der Waals surface area (Å²) in [5.74, 6) is -0.0230. The third kappa shape index (κ3) is 3.33. The molecule has 29 heavy (non-hydrogen) atoms. The van der Waals surface area contributed by atoms with Crippen LogP contribution in [-0.2, 0) is 4.74 Å². The molecule has 0 unspecified atom stereocenters. The number of nitrogen functional groups attached to an aromatic ring is 1. The molecule has 1 fully saturated rings. The summed E-state index contributed by atoms with van der Waals surface area (Å²) in [7, 11) is 0. The van der Waals surface area contributed by atoms with Gasteiger partial charge >= 0.3 is 0 Å². The second-order valence-corrected chi connectivity index (χ2v) is 7.79. The first-order chi connectivity index (χ1) is 13.9. The summed E-state index contributed by atoms with van der Waals surface area (Å²) >= 11 is 0.